The van der Waals surface area contributed by atoms with E-state index >= 15 is 0 Å². The Morgan fingerprint density at radius 3 is 2.39 bits per heavy atom. The van der Waals surface area contributed by atoms with Gasteiger partial charge < -0.3 is 5.73 Å². The fourth-order valence-electron chi connectivity index (χ4n) is 1.96. The van der Waals surface area contributed by atoms with Crippen LogP contribution in [0.4, 0.5) is 0 Å². The first-order valence-corrected chi connectivity index (χ1v) is 7.26. The van der Waals surface area contributed by atoms with Crippen molar-refractivity contribution in [3.63, 3.8) is 0 Å². The third-order valence-corrected chi connectivity index (χ3v) is 4.62. The Kier molecular flexibility index (Phi) is 3.33. The first kappa shape index (κ1) is 13.3. The van der Waals surface area contributed by atoms with Gasteiger partial charge in [-0.15, -0.1) is 0 Å². The van der Waals surface area contributed by atoms with Crippen molar-refractivity contribution in [3.05, 3.63) is 54.1 Å². The molecule has 0 amide bonds. The second kappa shape index (κ2) is 4.51. The minimum atomic E-state index is -3.86. The Morgan fingerprint density at radius 2 is 1.83 bits per heavy atom. The molecule has 2 atom stereocenters. The summed E-state index contributed by atoms with van der Waals surface area (Å²) in [5.74, 6) is 0. The largest absolute Gasteiger partial charge is 0.308 e. The molecule has 0 aliphatic heterocycles. The van der Waals surface area contributed by atoms with Crippen LogP contribution in [0.3, 0.4) is 0 Å². The number of rotatable bonds is 2. The van der Waals surface area contributed by atoms with Crippen molar-refractivity contribution in [2.45, 2.75) is 10.2 Å². The molecule has 1 aromatic carbocycles. The number of hydrogen-bond acceptors (Lipinski definition) is 3. The van der Waals surface area contributed by atoms with Gasteiger partial charge in [0.25, 0.3) is 0 Å². The van der Waals surface area contributed by atoms with Crippen molar-refractivity contribution in [3.8, 4) is 0 Å². The molecule has 0 aromatic heterocycles. The molecule has 0 spiro atoms. The van der Waals surface area contributed by atoms with Crippen LogP contribution in [0.15, 0.2) is 48.6 Å². The van der Waals surface area contributed by atoms with Crippen molar-refractivity contribution in [1.82, 2.24) is 0 Å². The molecule has 0 fully saturated rings. The second-order valence-electron chi connectivity index (χ2n) is 4.11. The number of halogens is 1. The van der Waals surface area contributed by atoms with Gasteiger partial charge in [0.05, 0.1) is 0 Å². The highest BCUT2D eigenvalue weighted by atomic mass is 35.5. The summed E-state index contributed by atoms with van der Waals surface area (Å²) in [6.07, 6.45) is 4.70. The smallest absolute Gasteiger partial charge is 0.219 e. The molecule has 96 valence electrons. The highest BCUT2D eigenvalue weighted by Crippen LogP contribution is 2.37. The molecule has 1 aliphatic carbocycles. The predicted octanol–water partition coefficient (Wildman–Crippen LogP) is 1.19. The third kappa shape index (κ3) is 2.35. The summed E-state index contributed by atoms with van der Waals surface area (Å²) in [6.45, 7) is 0. The Bertz CT molecular complexity index is 606. The summed E-state index contributed by atoms with van der Waals surface area (Å²) in [4.78, 5) is -1.57. The van der Waals surface area contributed by atoms with Crippen molar-refractivity contribution >= 4 is 27.2 Å². The molecule has 1 aromatic rings. The SMILES string of the molecule is NC1(Cl)C(c2ccccc2)=CC=CC1S(N)(=O)=O. The summed E-state index contributed by atoms with van der Waals surface area (Å²) < 4.78 is 23.0. The summed E-state index contributed by atoms with van der Waals surface area (Å²) in [5.41, 5.74) is 7.28. The second-order valence-corrected chi connectivity index (χ2v) is 6.42. The van der Waals surface area contributed by atoms with Gasteiger partial charge >= 0.3 is 0 Å². The zero-order valence-corrected chi connectivity index (χ0v) is 11.0. The Labute approximate surface area is 111 Å². The zero-order chi connectivity index (χ0) is 13.4. The molecule has 0 radical (unpaired) electrons. The third-order valence-electron chi connectivity index (χ3n) is 2.81. The van der Waals surface area contributed by atoms with E-state index < -0.39 is 20.3 Å². The van der Waals surface area contributed by atoms with Gasteiger partial charge in [-0.1, -0.05) is 60.2 Å². The van der Waals surface area contributed by atoms with Crippen LogP contribution in [0.2, 0.25) is 0 Å². The minimum absolute atomic E-state index is 0.534. The van der Waals surface area contributed by atoms with E-state index in [0.717, 1.165) is 5.56 Å². The maximum atomic E-state index is 11.5. The van der Waals surface area contributed by atoms with Crippen LogP contribution in [0.1, 0.15) is 5.56 Å². The van der Waals surface area contributed by atoms with Gasteiger partial charge in [-0.2, -0.15) is 0 Å². The van der Waals surface area contributed by atoms with Gasteiger partial charge in [0.15, 0.2) is 0 Å². The van der Waals surface area contributed by atoms with Crippen LogP contribution in [-0.4, -0.2) is 18.7 Å². The fourth-order valence-corrected chi connectivity index (χ4v) is 3.49. The van der Waals surface area contributed by atoms with E-state index in [1.165, 1.54) is 6.08 Å². The summed E-state index contributed by atoms with van der Waals surface area (Å²) in [7, 11) is -3.86. The van der Waals surface area contributed by atoms with Crippen molar-refractivity contribution in [2.24, 2.45) is 10.9 Å². The summed E-state index contributed by atoms with van der Waals surface area (Å²) >= 11 is 6.22. The number of hydrogen-bond donors (Lipinski definition) is 2. The summed E-state index contributed by atoms with van der Waals surface area (Å²) in [6, 6.07) is 9.14. The molecule has 2 rings (SSSR count). The minimum Gasteiger partial charge on any atom is -0.308 e. The van der Waals surface area contributed by atoms with E-state index in [1.54, 1.807) is 12.2 Å². The Morgan fingerprint density at radius 1 is 1.22 bits per heavy atom. The molecule has 0 bridgehead atoms. The average Bonchev–Trinajstić information content (AvgIpc) is 2.27. The molecular weight excluding hydrogens is 272 g/mol. The lowest BCUT2D eigenvalue weighted by atomic mass is 9.92. The molecule has 0 saturated carbocycles. The normalized spacial score (nSPS) is 27.9. The predicted molar refractivity (Wildman–Crippen MR) is 73.2 cm³/mol. The average molecular weight is 285 g/mol. The number of allylic oxidation sites excluding steroid dienone is 2. The molecular formula is C12H13ClN2O2S. The number of sulfonamides is 1. The maximum absolute atomic E-state index is 11.5. The molecule has 4 N–H and O–H groups in total. The van der Waals surface area contributed by atoms with Gasteiger partial charge in [-0.3, -0.25) is 0 Å². The number of benzene rings is 1. The fraction of sp³-hybridized carbons (Fsp3) is 0.167. The van der Waals surface area contributed by atoms with E-state index in [-0.39, 0.29) is 0 Å². The number of primary sulfonamides is 1. The zero-order valence-electron chi connectivity index (χ0n) is 9.45. The Hall–Kier alpha value is -1.14. The monoisotopic (exact) mass is 284 g/mol. The van der Waals surface area contributed by atoms with Gasteiger partial charge in [0.2, 0.25) is 10.0 Å². The number of alkyl halides is 1. The van der Waals surface area contributed by atoms with Crippen LogP contribution in [0, 0.1) is 0 Å². The standard InChI is InChI=1S/C12H13ClN2O2S/c13-12(14)10(9-5-2-1-3-6-9)7-4-8-11(12)18(15,16)17/h1-8,11H,14H2,(H2,15,16,17). The molecule has 2 unspecified atom stereocenters. The van der Waals surface area contributed by atoms with E-state index in [9.17, 15) is 8.42 Å². The lowest BCUT2D eigenvalue weighted by Gasteiger charge is -2.33. The highest BCUT2D eigenvalue weighted by molar-refractivity contribution is 7.90. The van der Waals surface area contributed by atoms with Crippen LogP contribution in [0.5, 0.6) is 0 Å². The molecule has 1 aliphatic rings. The Balaban J connectivity index is 2.51. The van der Waals surface area contributed by atoms with Crippen molar-refractivity contribution in [2.75, 3.05) is 0 Å². The molecule has 6 heteroatoms. The van der Waals surface area contributed by atoms with Gasteiger partial charge in [-0.25, -0.2) is 13.6 Å². The number of nitrogens with two attached hydrogens (primary N) is 2. The molecule has 0 heterocycles. The van der Waals surface area contributed by atoms with E-state index in [2.05, 4.69) is 0 Å². The van der Waals surface area contributed by atoms with Crippen LogP contribution < -0.4 is 10.9 Å². The molecule has 4 nitrogen and oxygen atoms in total. The highest BCUT2D eigenvalue weighted by Gasteiger charge is 2.43. The molecule has 18 heavy (non-hydrogen) atoms. The van der Waals surface area contributed by atoms with Crippen molar-refractivity contribution in [1.29, 1.82) is 0 Å². The van der Waals surface area contributed by atoms with Gasteiger partial charge in [0.1, 0.15) is 10.2 Å². The molecule has 0 saturated heterocycles. The maximum Gasteiger partial charge on any atom is 0.219 e. The van der Waals surface area contributed by atoms with E-state index in [1.807, 2.05) is 30.3 Å². The van der Waals surface area contributed by atoms with Gasteiger partial charge in [-0.05, 0) is 11.1 Å². The van der Waals surface area contributed by atoms with Crippen LogP contribution in [-0.2, 0) is 10.0 Å². The van der Waals surface area contributed by atoms with E-state index in [0.29, 0.717) is 5.57 Å². The quantitative estimate of drug-likeness (QED) is 0.632. The summed E-state index contributed by atoms with van der Waals surface area (Å²) in [5, 5.41) is 4.01. The first-order chi connectivity index (χ1) is 8.33. The van der Waals surface area contributed by atoms with Crippen LogP contribution in [0.25, 0.3) is 5.57 Å². The lowest BCUT2D eigenvalue weighted by Crippen LogP contribution is -2.52. The lowest BCUT2D eigenvalue weighted by molar-refractivity contribution is 0.578. The van der Waals surface area contributed by atoms with Crippen LogP contribution >= 0.6 is 11.6 Å². The topological polar surface area (TPSA) is 86.2 Å². The first-order valence-electron chi connectivity index (χ1n) is 5.27. The van der Waals surface area contributed by atoms with E-state index in [4.69, 9.17) is 22.5 Å². The van der Waals surface area contributed by atoms with Crippen molar-refractivity contribution < 1.29 is 8.42 Å². The van der Waals surface area contributed by atoms with Gasteiger partial charge in [0, 0.05) is 0 Å².